The summed E-state index contributed by atoms with van der Waals surface area (Å²) >= 11 is 6.37. The Balaban J connectivity index is 1.45. The molecule has 2 aromatic rings. The first-order valence-corrected chi connectivity index (χ1v) is 10.2. The van der Waals surface area contributed by atoms with E-state index in [9.17, 15) is 4.79 Å². The molecule has 2 aliphatic carbocycles. The topological polar surface area (TPSA) is 68.1 Å². The molecule has 3 N–H and O–H groups in total. The highest BCUT2D eigenvalue weighted by atomic mass is 35.5. The summed E-state index contributed by atoms with van der Waals surface area (Å²) in [6, 6.07) is 5.44. The van der Waals surface area contributed by atoms with Crippen molar-refractivity contribution in [3.8, 4) is 5.75 Å². The summed E-state index contributed by atoms with van der Waals surface area (Å²) < 4.78 is 6.21. The SMILES string of the molecule is N[C@]1(C2CCCCC2)CC[C@@H](Oc2cc3cc[nH]c(=O)c3cc2Cl)CC1. The van der Waals surface area contributed by atoms with Crippen LogP contribution in [0.5, 0.6) is 5.75 Å². The molecule has 4 nitrogen and oxygen atoms in total. The van der Waals surface area contributed by atoms with Gasteiger partial charge in [0.05, 0.1) is 11.1 Å². The highest BCUT2D eigenvalue weighted by Gasteiger charge is 2.39. The molecule has 5 heteroatoms. The molecule has 2 saturated carbocycles. The third-order valence-corrected chi connectivity index (χ3v) is 6.70. The molecule has 0 radical (unpaired) electrons. The summed E-state index contributed by atoms with van der Waals surface area (Å²) in [5, 5.41) is 1.93. The summed E-state index contributed by atoms with van der Waals surface area (Å²) in [5.74, 6) is 1.34. The highest BCUT2D eigenvalue weighted by Crippen LogP contribution is 2.41. The summed E-state index contributed by atoms with van der Waals surface area (Å²) in [6.45, 7) is 0. The second-order valence-corrected chi connectivity index (χ2v) is 8.47. The van der Waals surface area contributed by atoms with Crippen molar-refractivity contribution in [2.45, 2.75) is 69.4 Å². The van der Waals surface area contributed by atoms with Crippen molar-refractivity contribution < 1.29 is 4.74 Å². The average molecular weight is 375 g/mol. The number of rotatable bonds is 3. The molecule has 0 aliphatic heterocycles. The van der Waals surface area contributed by atoms with Gasteiger partial charge in [0.15, 0.2) is 0 Å². The lowest BCUT2D eigenvalue weighted by atomic mass is 9.67. The Morgan fingerprint density at radius 1 is 1.12 bits per heavy atom. The van der Waals surface area contributed by atoms with Gasteiger partial charge >= 0.3 is 0 Å². The third-order valence-electron chi connectivity index (χ3n) is 6.40. The second kappa shape index (κ2) is 7.24. The molecule has 2 fully saturated rings. The molecule has 26 heavy (non-hydrogen) atoms. The molecule has 140 valence electrons. The van der Waals surface area contributed by atoms with Crippen LogP contribution in [0.15, 0.2) is 29.2 Å². The van der Waals surface area contributed by atoms with Gasteiger partial charge in [-0.1, -0.05) is 30.9 Å². The molecule has 1 aromatic heterocycles. The summed E-state index contributed by atoms with van der Waals surface area (Å²) in [7, 11) is 0. The van der Waals surface area contributed by atoms with Crippen LogP contribution in [0.2, 0.25) is 5.02 Å². The van der Waals surface area contributed by atoms with Crippen molar-refractivity contribution in [1.82, 2.24) is 4.98 Å². The molecule has 0 atom stereocenters. The Hall–Kier alpha value is -1.52. The number of halogens is 1. The number of hydrogen-bond donors (Lipinski definition) is 2. The molecule has 0 saturated heterocycles. The zero-order valence-electron chi connectivity index (χ0n) is 15.1. The van der Waals surface area contributed by atoms with Crippen molar-refractivity contribution in [3.05, 3.63) is 39.8 Å². The zero-order chi connectivity index (χ0) is 18.1. The van der Waals surface area contributed by atoms with Crippen LogP contribution in [-0.2, 0) is 0 Å². The van der Waals surface area contributed by atoms with Crippen LogP contribution in [-0.4, -0.2) is 16.6 Å². The number of aromatic nitrogens is 1. The lowest BCUT2D eigenvalue weighted by molar-refractivity contribution is 0.0785. The van der Waals surface area contributed by atoms with Crippen LogP contribution in [0.3, 0.4) is 0 Å². The zero-order valence-corrected chi connectivity index (χ0v) is 15.9. The Morgan fingerprint density at radius 2 is 1.85 bits per heavy atom. The lowest BCUT2D eigenvalue weighted by Gasteiger charge is -2.44. The third kappa shape index (κ3) is 3.49. The van der Waals surface area contributed by atoms with E-state index in [2.05, 4.69) is 4.98 Å². The number of H-pyrrole nitrogens is 1. The predicted molar refractivity (Wildman–Crippen MR) is 106 cm³/mol. The smallest absolute Gasteiger partial charge is 0.255 e. The standard InChI is InChI=1S/C21H27ClN2O2/c22-18-13-17-14(8-11-24-20(17)25)12-19(18)26-16-6-9-21(23,10-7-16)15-4-2-1-3-5-15/h8,11-13,15-16H,1-7,9-10,23H2,(H,24,25)/t16-,21-. The number of nitrogens with one attached hydrogen (secondary N) is 1. The number of aromatic amines is 1. The molecule has 0 spiro atoms. The fourth-order valence-electron chi connectivity index (χ4n) is 4.79. The number of benzene rings is 1. The van der Waals surface area contributed by atoms with Crippen molar-refractivity contribution >= 4 is 22.4 Å². The van der Waals surface area contributed by atoms with E-state index in [1.807, 2.05) is 12.1 Å². The average Bonchev–Trinajstić information content (AvgIpc) is 2.66. The molecular weight excluding hydrogens is 348 g/mol. The van der Waals surface area contributed by atoms with Crippen LogP contribution < -0.4 is 16.0 Å². The highest BCUT2D eigenvalue weighted by molar-refractivity contribution is 6.32. The number of hydrogen-bond acceptors (Lipinski definition) is 3. The van der Waals surface area contributed by atoms with Gasteiger partial charge in [0, 0.05) is 17.1 Å². The molecule has 1 aromatic carbocycles. The molecule has 0 unspecified atom stereocenters. The summed E-state index contributed by atoms with van der Waals surface area (Å²) in [4.78, 5) is 14.6. The van der Waals surface area contributed by atoms with Gasteiger partial charge in [0.2, 0.25) is 0 Å². The van der Waals surface area contributed by atoms with E-state index in [1.165, 1.54) is 32.1 Å². The van der Waals surface area contributed by atoms with E-state index in [-0.39, 0.29) is 17.2 Å². The molecule has 1 heterocycles. The minimum Gasteiger partial charge on any atom is -0.489 e. The maximum absolute atomic E-state index is 11.9. The molecule has 0 amide bonds. The number of nitrogens with two attached hydrogens (primary N) is 1. The Bertz CT molecular complexity index is 834. The van der Waals surface area contributed by atoms with Gasteiger partial charge in [-0.15, -0.1) is 0 Å². The van der Waals surface area contributed by atoms with Crippen molar-refractivity contribution in [1.29, 1.82) is 0 Å². The van der Waals surface area contributed by atoms with Gasteiger partial charge in [0.1, 0.15) is 5.75 Å². The molecular formula is C21H27ClN2O2. The number of ether oxygens (including phenoxy) is 1. The Labute approximate surface area is 159 Å². The summed E-state index contributed by atoms with van der Waals surface area (Å²) in [5.41, 5.74) is 6.65. The van der Waals surface area contributed by atoms with Crippen LogP contribution in [0, 0.1) is 5.92 Å². The first kappa shape index (κ1) is 17.9. The molecule has 4 rings (SSSR count). The fourth-order valence-corrected chi connectivity index (χ4v) is 5.00. The fraction of sp³-hybridized carbons (Fsp3) is 0.571. The van der Waals surface area contributed by atoms with E-state index < -0.39 is 0 Å². The van der Waals surface area contributed by atoms with Gasteiger partial charge in [-0.25, -0.2) is 0 Å². The first-order valence-electron chi connectivity index (χ1n) is 9.82. The first-order chi connectivity index (χ1) is 12.5. The van der Waals surface area contributed by atoms with Gasteiger partial charge in [-0.05, 0) is 68.0 Å². The Kier molecular flexibility index (Phi) is 4.98. The minimum absolute atomic E-state index is 0.0131. The van der Waals surface area contributed by atoms with E-state index in [0.29, 0.717) is 22.1 Å². The normalized spacial score (nSPS) is 27.5. The predicted octanol–water partition coefficient (Wildman–Crippen LogP) is 4.78. The quantitative estimate of drug-likeness (QED) is 0.812. The maximum atomic E-state index is 11.9. The number of fused-ring (bicyclic) bond motifs is 1. The van der Waals surface area contributed by atoms with Gasteiger partial charge in [-0.2, -0.15) is 0 Å². The van der Waals surface area contributed by atoms with E-state index in [4.69, 9.17) is 22.1 Å². The molecule has 0 bridgehead atoms. The number of pyridine rings is 1. The monoisotopic (exact) mass is 374 g/mol. The van der Waals surface area contributed by atoms with Crippen molar-refractivity contribution in [2.24, 2.45) is 11.7 Å². The van der Waals surface area contributed by atoms with Gasteiger partial charge < -0.3 is 15.5 Å². The maximum Gasteiger partial charge on any atom is 0.255 e. The van der Waals surface area contributed by atoms with Crippen molar-refractivity contribution in [2.75, 3.05) is 0 Å². The largest absolute Gasteiger partial charge is 0.489 e. The lowest BCUT2D eigenvalue weighted by Crippen LogP contribution is -2.51. The van der Waals surface area contributed by atoms with Crippen LogP contribution >= 0.6 is 11.6 Å². The van der Waals surface area contributed by atoms with Crippen molar-refractivity contribution in [3.63, 3.8) is 0 Å². The minimum atomic E-state index is -0.131. The van der Waals surface area contributed by atoms with Gasteiger partial charge in [0.25, 0.3) is 5.56 Å². The van der Waals surface area contributed by atoms with Crippen LogP contribution in [0.25, 0.3) is 10.8 Å². The summed E-state index contributed by atoms with van der Waals surface area (Å²) in [6.07, 6.45) is 12.4. The second-order valence-electron chi connectivity index (χ2n) is 8.06. The Morgan fingerprint density at radius 3 is 2.58 bits per heavy atom. The van der Waals surface area contributed by atoms with E-state index >= 15 is 0 Å². The van der Waals surface area contributed by atoms with E-state index in [1.54, 1.807) is 12.3 Å². The van der Waals surface area contributed by atoms with Gasteiger partial charge in [-0.3, -0.25) is 4.79 Å². The molecule has 2 aliphatic rings. The van der Waals surface area contributed by atoms with Crippen LogP contribution in [0.1, 0.15) is 57.8 Å². The van der Waals surface area contributed by atoms with Crippen LogP contribution in [0.4, 0.5) is 0 Å². The van der Waals surface area contributed by atoms with E-state index in [0.717, 1.165) is 31.1 Å².